The Morgan fingerprint density at radius 3 is 2.40 bits per heavy atom. The van der Waals surface area contributed by atoms with E-state index in [9.17, 15) is 4.79 Å². The first-order chi connectivity index (χ1) is 12.1. The van der Waals surface area contributed by atoms with Crippen molar-refractivity contribution in [2.45, 2.75) is 20.8 Å². The summed E-state index contributed by atoms with van der Waals surface area (Å²) in [6.45, 7) is 6.30. The topological polar surface area (TPSA) is 56.1 Å². The number of rotatable bonds is 5. The predicted molar refractivity (Wildman–Crippen MR) is 98.6 cm³/mol. The van der Waals surface area contributed by atoms with Crippen LogP contribution in [0, 0.1) is 13.8 Å². The first-order valence-corrected chi connectivity index (χ1v) is 8.26. The van der Waals surface area contributed by atoms with E-state index in [2.05, 4.69) is 10.4 Å². The molecule has 0 aliphatic carbocycles. The molecule has 0 atom stereocenters. The van der Waals surface area contributed by atoms with Gasteiger partial charge in [-0.05, 0) is 57.2 Å². The summed E-state index contributed by atoms with van der Waals surface area (Å²) < 4.78 is 7.21. The van der Waals surface area contributed by atoms with Crippen LogP contribution in [0.3, 0.4) is 0 Å². The minimum Gasteiger partial charge on any atom is -0.494 e. The average Bonchev–Trinajstić information content (AvgIpc) is 2.92. The molecule has 0 fully saturated rings. The maximum atomic E-state index is 12.7. The Hall–Kier alpha value is -3.08. The number of aromatic nitrogens is 2. The van der Waals surface area contributed by atoms with E-state index in [1.165, 1.54) is 0 Å². The van der Waals surface area contributed by atoms with Crippen LogP contribution < -0.4 is 10.1 Å². The molecule has 128 valence electrons. The van der Waals surface area contributed by atoms with Crippen molar-refractivity contribution in [3.63, 3.8) is 0 Å². The minimum atomic E-state index is -0.165. The second-order valence-electron chi connectivity index (χ2n) is 5.70. The smallest absolute Gasteiger partial charge is 0.259 e. The molecule has 0 spiro atoms. The first kappa shape index (κ1) is 16.8. The second kappa shape index (κ2) is 7.21. The Bertz CT molecular complexity index is 868. The van der Waals surface area contributed by atoms with E-state index in [0.29, 0.717) is 17.9 Å². The third-order valence-electron chi connectivity index (χ3n) is 3.94. The molecule has 3 rings (SSSR count). The quantitative estimate of drug-likeness (QED) is 0.762. The molecule has 1 N–H and O–H groups in total. The number of anilines is 1. The number of hydrogen-bond acceptors (Lipinski definition) is 3. The number of benzene rings is 2. The van der Waals surface area contributed by atoms with Crippen LogP contribution in [0.15, 0.2) is 54.6 Å². The van der Waals surface area contributed by atoms with Gasteiger partial charge in [-0.15, -0.1) is 0 Å². The van der Waals surface area contributed by atoms with Gasteiger partial charge >= 0.3 is 0 Å². The van der Waals surface area contributed by atoms with Gasteiger partial charge in [0.25, 0.3) is 5.91 Å². The van der Waals surface area contributed by atoms with Crippen LogP contribution in [0.1, 0.15) is 28.7 Å². The van der Waals surface area contributed by atoms with Crippen molar-refractivity contribution in [3.05, 3.63) is 71.5 Å². The number of nitrogens with zero attached hydrogens (tertiary/aromatic N) is 2. The van der Waals surface area contributed by atoms with Crippen LogP contribution in [-0.4, -0.2) is 22.3 Å². The number of ether oxygens (including phenoxy) is 1. The maximum Gasteiger partial charge on any atom is 0.259 e. The zero-order valence-corrected chi connectivity index (χ0v) is 14.6. The Balaban J connectivity index is 1.84. The molecule has 1 amide bonds. The molecule has 1 aromatic heterocycles. The standard InChI is InChI=1S/C20H21N3O2/c1-4-25-18-12-10-16(11-13-18)21-20(24)19-14(2)22-23(15(19)3)17-8-6-5-7-9-17/h5-13H,4H2,1-3H3,(H,21,24). The fraction of sp³-hybridized carbons (Fsp3) is 0.200. The lowest BCUT2D eigenvalue weighted by molar-refractivity contribution is 0.102. The van der Waals surface area contributed by atoms with E-state index in [1.54, 1.807) is 4.68 Å². The van der Waals surface area contributed by atoms with Crippen LogP contribution in [0.2, 0.25) is 0 Å². The highest BCUT2D eigenvalue weighted by Gasteiger charge is 2.19. The molecular weight excluding hydrogens is 314 g/mol. The van der Waals surface area contributed by atoms with E-state index in [1.807, 2.05) is 75.4 Å². The molecule has 2 aromatic carbocycles. The van der Waals surface area contributed by atoms with Gasteiger partial charge in [0.2, 0.25) is 0 Å². The van der Waals surface area contributed by atoms with Gasteiger partial charge in [-0.2, -0.15) is 5.10 Å². The molecule has 0 saturated heterocycles. The number of carbonyl (C=O) groups is 1. The van der Waals surface area contributed by atoms with Gasteiger partial charge in [-0.25, -0.2) is 4.68 Å². The summed E-state index contributed by atoms with van der Waals surface area (Å²) in [6, 6.07) is 17.1. The molecule has 0 bridgehead atoms. The molecule has 0 saturated carbocycles. The monoisotopic (exact) mass is 335 g/mol. The minimum absolute atomic E-state index is 0.165. The number of nitrogens with one attached hydrogen (secondary N) is 1. The zero-order valence-electron chi connectivity index (χ0n) is 14.6. The van der Waals surface area contributed by atoms with E-state index < -0.39 is 0 Å². The van der Waals surface area contributed by atoms with Crippen LogP contribution in [-0.2, 0) is 0 Å². The van der Waals surface area contributed by atoms with Gasteiger partial charge in [-0.1, -0.05) is 18.2 Å². The molecule has 1 heterocycles. The normalized spacial score (nSPS) is 10.5. The van der Waals surface area contributed by atoms with Gasteiger partial charge in [0.1, 0.15) is 5.75 Å². The number of hydrogen-bond donors (Lipinski definition) is 1. The molecule has 5 nitrogen and oxygen atoms in total. The van der Waals surface area contributed by atoms with Crippen molar-refractivity contribution < 1.29 is 9.53 Å². The van der Waals surface area contributed by atoms with Crippen LogP contribution in [0.4, 0.5) is 5.69 Å². The summed E-state index contributed by atoms with van der Waals surface area (Å²) in [4.78, 5) is 12.7. The van der Waals surface area contributed by atoms with Gasteiger partial charge in [0.15, 0.2) is 0 Å². The largest absolute Gasteiger partial charge is 0.494 e. The van der Waals surface area contributed by atoms with Crippen molar-refractivity contribution in [2.24, 2.45) is 0 Å². The molecule has 25 heavy (non-hydrogen) atoms. The molecule has 0 aliphatic heterocycles. The summed E-state index contributed by atoms with van der Waals surface area (Å²) in [7, 11) is 0. The van der Waals surface area contributed by atoms with Gasteiger partial charge in [0.05, 0.1) is 29.2 Å². The third kappa shape index (κ3) is 3.55. The SMILES string of the molecule is CCOc1ccc(NC(=O)c2c(C)nn(-c3ccccc3)c2C)cc1. The lowest BCUT2D eigenvalue weighted by atomic mass is 10.1. The van der Waals surface area contributed by atoms with E-state index in [-0.39, 0.29) is 5.91 Å². The van der Waals surface area contributed by atoms with Gasteiger partial charge in [0, 0.05) is 5.69 Å². The summed E-state index contributed by atoms with van der Waals surface area (Å²) in [5.74, 6) is 0.617. The Morgan fingerprint density at radius 1 is 1.08 bits per heavy atom. The molecular formula is C20H21N3O2. The fourth-order valence-electron chi connectivity index (χ4n) is 2.79. The first-order valence-electron chi connectivity index (χ1n) is 8.26. The van der Waals surface area contributed by atoms with Gasteiger partial charge in [-0.3, -0.25) is 4.79 Å². The highest BCUT2D eigenvalue weighted by Crippen LogP contribution is 2.21. The van der Waals surface area contributed by atoms with Crippen LogP contribution >= 0.6 is 0 Å². The summed E-state index contributed by atoms with van der Waals surface area (Å²) >= 11 is 0. The average molecular weight is 335 g/mol. The van der Waals surface area contributed by atoms with Crippen LogP contribution in [0.5, 0.6) is 5.75 Å². The van der Waals surface area contributed by atoms with Crippen LogP contribution in [0.25, 0.3) is 5.69 Å². The van der Waals surface area contributed by atoms with E-state index in [0.717, 1.165) is 22.8 Å². The molecule has 5 heteroatoms. The zero-order chi connectivity index (χ0) is 17.8. The lowest BCUT2D eigenvalue weighted by Gasteiger charge is -2.08. The maximum absolute atomic E-state index is 12.7. The molecule has 0 radical (unpaired) electrons. The summed E-state index contributed by atoms with van der Waals surface area (Å²) in [5, 5.41) is 7.44. The predicted octanol–water partition coefficient (Wildman–Crippen LogP) is 4.14. The van der Waals surface area contributed by atoms with Crippen molar-refractivity contribution in [1.82, 2.24) is 9.78 Å². The third-order valence-corrected chi connectivity index (χ3v) is 3.94. The Kier molecular flexibility index (Phi) is 4.84. The molecule has 0 aliphatic rings. The van der Waals surface area contributed by atoms with Crippen molar-refractivity contribution in [2.75, 3.05) is 11.9 Å². The number of aryl methyl sites for hydroxylation is 1. The number of para-hydroxylation sites is 1. The number of amides is 1. The summed E-state index contributed by atoms with van der Waals surface area (Å²) in [6.07, 6.45) is 0. The van der Waals surface area contributed by atoms with Crippen molar-refractivity contribution >= 4 is 11.6 Å². The van der Waals surface area contributed by atoms with Gasteiger partial charge < -0.3 is 10.1 Å². The second-order valence-corrected chi connectivity index (χ2v) is 5.70. The van der Waals surface area contributed by atoms with E-state index >= 15 is 0 Å². The molecule has 3 aromatic rings. The Morgan fingerprint density at radius 2 is 1.76 bits per heavy atom. The number of carbonyl (C=O) groups excluding carboxylic acids is 1. The molecule has 0 unspecified atom stereocenters. The lowest BCUT2D eigenvalue weighted by Crippen LogP contribution is -2.14. The van der Waals surface area contributed by atoms with E-state index in [4.69, 9.17) is 4.74 Å². The highest BCUT2D eigenvalue weighted by atomic mass is 16.5. The summed E-state index contributed by atoms with van der Waals surface area (Å²) in [5.41, 5.74) is 3.76. The fourth-order valence-corrected chi connectivity index (χ4v) is 2.79. The Labute approximate surface area is 147 Å². The van der Waals surface area contributed by atoms with Crippen molar-refractivity contribution in [1.29, 1.82) is 0 Å². The highest BCUT2D eigenvalue weighted by molar-refractivity contribution is 6.06. The van der Waals surface area contributed by atoms with Crippen molar-refractivity contribution in [3.8, 4) is 11.4 Å².